The lowest BCUT2D eigenvalue weighted by molar-refractivity contribution is -0.114. The Morgan fingerprint density at radius 1 is 1.70 bits per heavy atom. The van der Waals surface area contributed by atoms with Gasteiger partial charge in [0.2, 0.25) is 0 Å². The second-order valence-electron chi connectivity index (χ2n) is 2.12. The number of hydrogen-bond acceptors (Lipinski definition) is 2. The van der Waals surface area contributed by atoms with E-state index in [0.717, 1.165) is 19.4 Å². The summed E-state index contributed by atoms with van der Waals surface area (Å²) in [6.45, 7) is 6.29. The predicted molar refractivity (Wildman–Crippen MR) is 41.2 cm³/mol. The lowest BCUT2D eigenvalue weighted by Gasteiger charge is -2.03. The van der Waals surface area contributed by atoms with Crippen molar-refractivity contribution < 1.29 is 4.79 Å². The van der Waals surface area contributed by atoms with Crippen LogP contribution < -0.4 is 11.1 Å². The van der Waals surface area contributed by atoms with Crippen LogP contribution in [0.2, 0.25) is 0 Å². The van der Waals surface area contributed by atoms with Crippen LogP contribution in [0.3, 0.4) is 0 Å². The van der Waals surface area contributed by atoms with Crippen molar-refractivity contribution in [1.29, 1.82) is 0 Å². The van der Waals surface area contributed by atoms with Gasteiger partial charge in [-0.1, -0.05) is 19.9 Å². The highest BCUT2D eigenvalue weighted by Gasteiger charge is 1.97. The first-order valence-corrected chi connectivity index (χ1v) is 3.41. The fourth-order valence-electron chi connectivity index (χ4n) is 0.503. The zero-order valence-electron chi connectivity index (χ0n) is 6.31. The minimum Gasteiger partial charge on any atom is -0.381 e. The Kier molecular flexibility index (Phi) is 4.37. The molecular formula is C7H14N2O. The summed E-state index contributed by atoms with van der Waals surface area (Å²) in [7, 11) is 0. The summed E-state index contributed by atoms with van der Waals surface area (Å²) in [4.78, 5) is 10.4. The molecule has 3 heteroatoms. The summed E-state index contributed by atoms with van der Waals surface area (Å²) in [6, 6.07) is 0. The van der Waals surface area contributed by atoms with Crippen LogP contribution in [0.4, 0.5) is 0 Å². The van der Waals surface area contributed by atoms with Crippen LogP contribution in [-0.4, -0.2) is 12.5 Å². The molecule has 0 aromatic carbocycles. The van der Waals surface area contributed by atoms with Crippen molar-refractivity contribution in [2.45, 2.75) is 19.8 Å². The third-order valence-electron chi connectivity index (χ3n) is 1.17. The quantitative estimate of drug-likeness (QED) is 0.430. The third-order valence-corrected chi connectivity index (χ3v) is 1.17. The van der Waals surface area contributed by atoms with Gasteiger partial charge in [-0.25, -0.2) is 0 Å². The number of carbonyl (C=O) groups is 1. The van der Waals surface area contributed by atoms with Crippen molar-refractivity contribution in [3.63, 3.8) is 0 Å². The van der Waals surface area contributed by atoms with E-state index >= 15 is 0 Å². The van der Waals surface area contributed by atoms with Gasteiger partial charge in [-0.3, -0.25) is 4.79 Å². The highest BCUT2D eigenvalue weighted by atomic mass is 16.1. The number of nitrogens with one attached hydrogen (secondary N) is 1. The summed E-state index contributed by atoms with van der Waals surface area (Å²) in [5, 5.41) is 2.81. The molecule has 0 radical (unpaired) electrons. The first kappa shape index (κ1) is 9.01. The van der Waals surface area contributed by atoms with Crippen LogP contribution in [0.1, 0.15) is 19.8 Å². The first-order valence-electron chi connectivity index (χ1n) is 3.41. The molecule has 0 aromatic rings. The van der Waals surface area contributed by atoms with Gasteiger partial charge in [-0.05, 0) is 6.42 Å². The Morgan fingerprint density at radius 2 is 2.30 bits per heavy atom. The summed E-state index contributed by atoms with van der Waals surface area (Å²) in [6.07, 6.45) is 2.13. The van der Waals surface area contributed by atoms with Crippen LogP contribution in [0, 0.1) is 0 Å². The van der Waals surface area contributed by atoms with E-state index in [4.69, 9.17) is 5.73 Å². The van der Waals surface area contributed by atoms with Gasteiger partial charge in [-0.15, -0.1) is 0 Å². The average molecular weight is 142 g/mol. The molecule has 0 fully saturated rings. The molecule has 0 aromatic heterocycles. The van der Waals surface area contributed by atoms with Gasteiger partial charge >= 0.3 is 0 Å². The second-order valence-corrected chi connectivity index (χ2v) is 2.12. The zero-order chi connectivity index (χ0) is 7.98. The van der Waals surface area contributed by atoms with E-state index in [1.807, 2.05) is 0 Å². The van der Waals surface area contributed by atoms with Crippen LogP contribution in [-0.2, 0) is 4.79 Å². The van der Waals surface area contributed by atoms with Crippen molar-refractivity contribution in [2.24, 2.45) is 5.73 Å². The van der Waals surface area contributed by atoms with E-state index in [1.54, 1.807) is 0 Å². The molecule has 0 unspecified atom stereocenters. The van der Waals surface area contributed by atoms with Gasteiger partial charge in [0.25, 0.3) is 5.91 Å². The number of amides is 1. The molecule has 0 saturated carbocycles. The molecule has 0 atom stereocenters. The summed E-state index contributed by atoms with van der Waals surface area (Å²) < 4.78 is 0. The third kappa shape index (κ3) is 3.95. The Hall–Kier alpha value is -0.990. The van der Waals surface area contributed by atoms with E-state index in [9.17, 15) is 4.79 Å². The SMILES string of the molecule is C=C(NCCCC)C(N)=O. The molecule has 0 bridgehead atoms. The van der Waals surface area contributed by atoms with Crippen molar-refractivity contribution >= 4 is 5.91 Å². The molecule has 0 spiro atoms. The molecule has 0 aliphatic rings. The van der Waals surface area contributed by atoms with E-state index in [-0.39, 0.29) is 0 Å². The van der Waals surface area contributed by atoms with Gasteiger partial charge in [-0.2, -0.15) is 0 Å². The monoisotopic (exact) mass is 142 g/mol. The predicted octanol–water partition coefficient (Wildman–Crippen LogP) is 0.375. The van der Waals surface area contributed by atoms with Gasteiger partial charge in [0, 0.05) is 6.54 Å². The molecule has 0 saturated heterocycles. The lowest BCUT2D eigenvalue weighted by Crippen LogP contribution is -2.25. The van der Waals surface area contributed by atoms with Crippen LogP contribution in [0.25, 0.3) is 0 Å². The standard InChI is InChI=1S/C7H14N2O/c1-3-4-5-9-6(2)7(8)10/h9H,2-5H2,1H3,(H2,8,10). The number of unbranched alkanes of at least 4 members (excludes halogenated alkanes) is 1. The Bertz CT molecular complexity index is 132. The number of primary amides is 1. The van der Waals surface area contributed by atoms with Crippen molar-refractivity contribution in [3.8, 4) is 0 Å². The van der Waals surface area contributed by atoms with Crippen molar-refractivity contribution in [2.75, 3.05) is 6.54 Å². The van der Waals surface area contributed by atoms with Gasteiger partial charge in [0.1, 0.15) is 0 Å². The number of hydrogen-bond donors (Lipinski definition) is 2. The maximum atomic E-state index is 10.4. The molecule has 3 nitrogen and oxygen atoms in total. The molecule has 3 N–H and O–H groups in total. The zero-order valence-corrected chi connectivity index (χ0v) is 6.31. The molecule has 0 aliphatic heterocycles. The minimum absolute atomic E-state index is 0.299. The smallest absolute Gasteiger partial charge is 0.264 e. The molecule has 0 aliphatic carbocycles. The molecular weight excluding hydrogens is 128 g/mol. The molecule has 1 amide bonds. The Morgan fingerprint density at radius 3 is 2.70 bits per heavy atom. The summed E-state index contributed by atoms with van der Waals surface area (Å²) >= 11 is 0. The molecule has 10 heavy (non-hydrogen) atoms. The largest absolute Gasteiger partial charge is 0.381 e. The van der Waals surface area contributed by atoms with Crippen LogP contribution in [0.15, 0.2) is 12.3 Å². The average Bonchev–Trinajstić information content (AvgIpc) is 1.88. The fourth-order valence-corrected chi connectivity index (χ4v) is 0.503. The maximum absolute atomic E-state index is 10.4. The Labute approximate surface area is 61.3 Å². The van der Waals surface area contributed by atoms with Crippen molar-refractivity contribution in [3.05, 3.63) is 12.3 Å². The highest BCUT2D eigenvalue weighted by Crippen LogP contribution is 1.85. The number of nitrogens with two attached hydrogens (primary N) is 1. The molecule has 0 heterocycles. The van der Waals surface area contributed by atoms with E-state index in [0.29, 0.717) is 5.70 Å². The second kappa shape index (κ2) is 4.85. The lowest BCUT2D eigenvalue weighted by atomic mass is 10.3. The van der Waals surface area contributed by atoms with E-state index in [2.05, 4.69) is 18.8 Å². The molecule has 58 valence electrons. The first-order chi connectivity index (χ1) is 4.68. The van der Waals surface area contributed by atoms with Crippen molar-refractivity contribution in [1.82, 2.24) is 5.32 Å². The number of carbonyl (C=O) groups excluding carboxylic acids is 1. The minimum atomic E-state index is -0.476. The van der Waals surface area contributed by atoms with Gasteiger partial charge in [0.05, 0.1) is 5.70 Å². The topological polar surface area (TPSA) is 55.1 Å². The van der Waals surface area contributed by atoms with Crippen LogP contribution in [0.5, 0.6) is 0 Å². The normalized spacial score (nSPS) is 8.90. The Balaban J connectivity index is 3.31. The summed E-state index contributed by atoms with van der Waals surface area (Å²) in [5.41, 5.74) is 5.22. The maximum Gasteiger partial charge on any atom is 0.264 e. The van der Waals surface area contributed by atoms with E-state index in [1.165, 1.54) is 0 Å². The van der Waals surface area contributed by atoms with Gasteiger partial charge in [0.15, 0.2) is 0 Å². The van der Waals surface area contributed by atoms with E-state index < -0.39 is 5.91 Å². The number of rotatable bonds is 5. The molecule has 0 rings (SSSR count). The van der Waals surface area contributed by atoms with Gasteiger partial charge < -0.3 is 11.1 Å². The van der Waals surface area contributed by atoms with Crippen LogP contribution >= 0.6 is 0 Å². The highest BCUT2D eigenvalue weighted by molar-refractivity contribution is 5.90. The summed E-state index contributed by atoms with van der Waals surface area (Å²) in [5.74, 6) is -0.476. The fraction of sp³-hybridized carbons (Fsp3) is 0.571.